The van der Waals surface area contributed by atoms with E-state index in [4.69, 9.17) is 46.4 Å². The number of hydrogen-bond acceptors (Lipinski definition) is 1. The van der Waals surface area contributed by atoms with E-state index in [1.165, 1.54) is 6.20 Å². The second kappa shape index (κ2) is 3.81. The van der Waals surface area contributed by atoms with Gasteiger partial charge in [0.05, 0.1) is 26.6 Å². The summed E-state index contributed by atoms with van der Waals surface area (Å²) in [5.41, 5.74) is 0.544. The lowest BCUT2D eigenvalue weighted by Gasteiger charge is -2.01. The molecule has 60 valence electrons. The Bertz CT molecular complexity index is 274. The topological polar surface area (TPSA) is 12.9 Å². The van der Waals surface area contributed by atoms with Crippen molar-refractivity contribution in [3.63, 3.8) is 0 Å². The second-order valence-electron chi connectivity index (χ2n) is 1.81. The van der Waals surface area contributed by atoms with E-state index in [0.717, 1.165) is 0 Å². The highest BCUT2D eigenvalue weighted by Crippen LogP contribution is 2.31. The molecule has 1 rings (SSSR count). The Morgan fingerprint density at radius 1 is 1.18 bits per heavy atom. The molecule has 0 radical (unpaired) electrons. The molecular formula is C6H3Cl4N. The minimum atomic E-state index is 0.232. The Morgan fingerprint density at radius 3 is 2.36 bits per heavy atom. The van der Waals surface area contributed by atoms with Crippen LogP contribution < -0.4 is 0 Å². The van der Waals surface area contributed by atoms with Gasteiger partial charge >= 0.3 is 0 Å². The molecule has 0 spiro atoms. The third-order valence-electron chi connectivity index (χ3n) is 1.12. The van der Waals surface area contributed by atoms with Crippen LogP contribution in [-0.4, -0.2) is 4.98 Å². The van der Waals surface area contributed by atoms with Gasteiger partial charge in [0.1, 0.15) is 0 Å². The minimum Gasteiger partial charge on any atom is -0.257 e. The molecule has 0 aromatic carbocycles. The second-order valence-corrected chi connectivity index (χ2v) is 3.24. The molecule has 1 aromatic rings. The van der Waals surface area contributed by atoms with E-state index < -0.39 is 0 Å². The van der Waals surface area contributed by atoms with Crippen LogP contribution in [0.15, 0.2) is 6.20 Å². The molecule has 0 saturated carbocycles. The van der Waals surface area contributed by atoms with Crippen molar-refractivity contribution in [2.75, 3.05) is 0 Å². The van der Waals surface area contributed by atoms with Crippen molar-refractivity contribution in [1.29, 1.82) is 0 Å². The van der Waals surface area contributed by atoms with Crippen LogP contribution in [0.3, 0.4) is 0 Å². The number of aromatic nitrogens is 1. The first-order valence-electron chi connectivity index (χ1n) is 2.71. The van der Waals surface area contributed by atoms with Crippen molar-refractivity contribution in [1.82, 2.24) is 4.98 Å². The van der Waals surface area contributed by atoms with E-state index in [0.29, 0.717) is 20.8 Å². The summed E-state index contributed by atoms with van der Waals surface area (Å²) < 4.78 is 0. The molecular weight excluding hydrogens is 228 g/mol. The van der Waals surface area contributed by atoms with Crippen molar-refractivity contribution in [3.05, 3.63) is 27.0 Å². The first kappa shape index (κ1) is 9.40. The van der Waals surface area contributed by atoms with Gasteiger partial charge in [0.25, 0.3) is 0 Å². The maximum absolute atomic E-state index is 5.74. The van der Waals surface area contributed by atoms with Gasteiger partial charge in [-0.2, -0.15) is 0 Å². The Labute approximate surface area is 84.2 Å². The van der Waals surface area contributed by atoms with Crippen LogP contribution in [0, 0.1) is 0 Å². The Hall–Kier alpha value is 0.310. The predicted molar refractivity (Wildman–Crippen MR) is 48.8 cm³/mol. The fraction of sp³-hybridized carbons (Fsp3) is 0.167. The van der Waals surface area contributed by atoms with E-state index in [1.807, 2.05) is 0 Å². The lowest BCUT2D eigenvalue weighted by atomic mass is 10.4. The van der Waals surface area contributed by atoms with E-state index >= 15 is 0 Å². The number of rotatable bonds is 1. The van der Waals surface area contributed by atoms with Gasteiger partial charge in [-0.3, -0.25) is 4.98 Å². The highest BCUT2D eigenvalue weighted by molar-refractivity contribution is 6.48. The number of alkyl halides is 1. The molecule has 0 amide bonds. The maximum atomic E-state index is 5.74. The smallest absolute Gasteiger partial charge is 0.0835 e. The van der Waals surface area contributed by atoms with Gasteiger partial charge in [-0.05, 0) is 0 Å². The summed E-state index contributed by atoms with van der Waals surface area (Å²) in [4.78, 5) is 3.88. The third kappa shape index (κ3) is 1.91. The first-order valence-corrected chi connectivity index (χ1v) is 4.38. The third-order valence-corrected chi connectivity index (χ3v) is 2.65. The minimum absolute atomic E-state index is 0.232. The zero-order valence-corrected chi connectivity index (χ0v) is 8.27. The molecule has 1 heterocycles. The Balaban J connectivity index is 3.25. The molecule has 0 fully saturated rings. The summed E-state index contributed by atoms with van der Waals surface area (Å²) in [5, 5.41) is 0.971. The van der Waals surface area contributed by atoms with Gasteiger partial charge in [0, 0.05) is 6.20 Å². The lowest BCUT2D eigenvalue weighted by Crippen LogP contribution is -1.87. The van der Waals surface area contributed by atoms with Crippen LogP contribution in [-0.2, 0) is 5.88 Å². The van der Waals surface area contributed by atoms with Gasteiger partial charge in [0.15, 0.2) is 0 Å². The van der Waals surface area contributed by atoms with Crippen LogP contribution in [0.5, 0.6) is 0 Å². The molecule has 1 aromatic heterocycles. The Morgan fingerprint density at radius 2 is 1.82 bits per heavy atom. The molecule has 0 saturated heterocycles. The molecule has 0 aliphatic heterocycles. The summed E-state index contributed by atoms with van der Waals surface area (Å²) in [6.07, 6.45) is 1.42. The van der Waals surface area contributed by atoms with Gasteiger partial charge in [-0.1, -0.05) is 34.8 Å². The molecule has 0 N–H and O–H groups in total. The highest BCUT2D eigenvalue weighted by atomic mass is 35.5. The fourth-order valence-electron chi connectivity index (χ4n) is 0.573. The quantitative estimate of drug-likeness (QED) is 0.670. The summed E-state index contributed by atoms with van der Waals surface area (Å²) in [6, 6.07) is 0. The van der Waals surface area contributed by atoms with Crippen LogP contribution in [0.4, 0.5) is 0 Å². The van der Waals surface area contributed by atoms with Crippen LogP contribution in [0.25, 0.3) is 0 Å². The number of hydrogen-bond donors (Lipinski definition) is 0. The molecule has 0 unspecified atom stereocenters. The fourth-order valence-corrected chi connectivity index (χ4v) is 1.41. The van der Waals surface area contributed by atoms with Gasteiger partial charge in [-0.25, -0.2) is 0 Å². The zero-order valence-electron chi connectivity index (χ0n) is 5.24. The first-order chi connectivity index (χ1) is 5.16. The Kier molecular flexibility index (Phi) is 3.26. The summed E-state index contributed by atoms with van der Waals surface area (Å²) in [6.45, 7) is 0. The maximum Gasteiger partial charge on any atom is 0.0835 e. The molecule has 11 heavy (non-hydrogen) atoms. The monoisotopic (exact) mass is 229 g/mol. The van der Waals surface area contributed by atoms with Crippen molar-refractivity contribution in [3.8, 4) is 0 Å². The SMILES string of the molecule is ClCc1ncc(Cl)c(Cl)c1Cl. The summed E-state index contributed by atoms with van der Waals surface area (Å²) >= 11 is 22.6. The molecule has 0 atom stereocenters. The van der Waals surface area contributed by atoms with Crippen LogP contribution in [0.1, 0.15) is 5.69 Å². The zero-order chi connectivity index (χ0) is 8.43. The lowest BCUT2D eigenvalue weighted by molar-refractivity contribution is 1.17. The van der Waals surface area contributed by atoms with Gasteiger partial charge < -0.3 is 0 Å². The highest BCUT2D eigenvalue weighted by Gasteiger charge is 2.08. The number of halogens is 4. The van der Waals surface area contributed by atoms with Crippen molar-refractivity contribution in [2.45, 2.75) is 5.88 Å². The van der Waals surface area contributed by atoms with E-state index in [-0.39, 0.29) is 5.88 Å². The van der Waals surface area contributed by atoms with Crippen molar-refractivity contribution in [2.24, 2.45) is 0 Å². The normalized spacial score (nSPS) is 10.2. The van der Waals surface area contributed by atoms with E-state index in [1.54, 1.807) is 0 Å². The van der Waals surface area contributed by atoms with E-state index in [9.17, 15) is 0 Å². The summed E-state index contributed by atoms with van der Waals surface area (Å²) in [7, 11) is 0. The largest absolute Gasteiger partial charge is 0.257 e. The van der Waals surface area contributed by atoms with Crippen LogP contribution in [0.2, 0.25) is 15.1 Å². The number of pyridine rings is 1. The average molecular weight is 231 g/mol. The average Bonchev–Trinajstić information content (AvgIpc) is 2.01. The molecule has 1 nitrogen and oxygen atoms in total. The molecule has 5 heteroatoms. The van der Waals surface area contributed by atoms with Crippen molar-refractivity contribution < 1.29 is 0 Å². The van der Waals surface area contributed by atoms with Gasteiger partial charge in [-0.15, -0.1) is 11.6 Å². The van der Waals surface area contributed by atoms with Crippen LogP contribution >= 0.6 is 46.4 Å². The molecule has 0 aliphatic rings. The predicted octanol–water partition coefficient (Wildman–Crippen LogP) is 3.78. The molecule has 0 bridgehead atoms. The number of nitrogens with zero attached hydrogens (tertiary/aromatic N) is 1. The molecule has 0 aliphatic carbocycles. The van der Waals surface area contributed by atoms with E-state index in [2.05, 4.69) is 4.98 Å². The standard InChI is InChI=1S/C6H3Cl4N/c7-1-4-6(10)5(9)3(8)2-11-4/h2H,1H2. The van der Waals surface area contributed by atoms with Crippen molar-refractivity contribution >= 4 is 46.4 Å². The summed E-state index contributed by atoms with van der Waals surface area (Å²) in [5.74, 6) is 0.232. The van der Waals surface area contributed by atoms with Gasteiger partial charge in [0.2, 0.25) is 0 Å².